The molecule has 0 bridgehead atoms. The van der Waals surface area contributed by atoms with Crippen LogP contribution in [0.4, 0.5) is 5.82 Å². The molecule has 122 valence electrons. The summed E-state index contributed by atoms with van der Waals surface area (Å²) in [5.74, 6) is 2.19. The Kier molecular flexibility index (Phi) is 3.63. The minimum absolute atomic E-state index is 0.197. The van der Waals surface area contributed by atoms with E-state index in [4.69, 9.17) is 0 Å². The van der Waals surface area contributed by atoms with Gasteiger partial charge in [0.05, 0.1) is 0 Å². The molecule has 1 N–H and O–H groups in total. The van der Waals surface area contributed by atoms with Crippen molar-refractivity contribution in [1.82, 2.24) is 24.9 Å². The van der Waals surface area contributed by atoms with Crippen LogP contribution in [0.1, 0.15) is 37.9 Å². The zero-order valence-electron chi connectivity index (χ0n) is 13.4. The number of hydrogen-bond donors (Lipinski definition) is 1. The van der Waals surface area contributed by atoms with Crippen LogP contribution in [0, 0.1) is 12.8 Å². The van der Waals surface area contributed by atoms with E-state index in [1.54, 1.807) is 6.20 Å². The molecule has 1 aliphatic heterocycles. The molecule has 3 heterocycles. The van der Waals surface area contributed by atoms with Crippen LogP contribution < -0.4 is 10.2 Å². The molecule has 2 aliphatic rings. The molecule has 2 fully saturated rings. The molecule has 1 unspecified atom stereocenters. The number of aryl methyl sites for hydroxylation is 1. The standard InChI is InChI=1S/C16H22N6O/c1-11-19-20-15-14(17-7-9-22(11)15)21-8-3-6-13(10-21)18-16(23)12-4-2-5-12/h7,9,12-13H,2-6,8,10H2,1H3,(H,18,23). The summed E-state index contributed by atoms with van der Waals surface area (Å²) in [5.41, 5.74) is 0.788. The molecule has 1 saturated carbocycles. The van der Waals surface area contributed by atoms with Crippen molar-refractivity contribution in [2.45, 2.75) is 45.1 Å². The Bertz CT molecular complexity index is 722. The van der Waals surface area contributed by atoms with Crippen LogP contribution in [0.25, 0.3) is 5.65 Å². The summed E-state index contributed by atoms with van der Waals surface area (Å²) in [4.78, 5) is 18.9. The molecular weight excluding hydrogens is 292 g/mol. The number of nitrogens with one attached hydrogen (secondary N) is 1. The highest BCUT2D eigenvalue weighted by atomic mass is 16.2. The van der Waals surface area contributed by atoms with Gasteiger partial charge in [-0.25, -0.2) is 4.98 Å². The Morgan fingerprint density at radius 2 is 2.13 bits per heavy atom. The van der Waals surface area contributed by atoms with Gasteiger partial charge in [-0.2, -0.15) is 0 Å². The first-order valence-electron chi connectivity index (χ1n) is 8.44. The van der Waals surface area contributed by atoms with E-state index in [1.165, 1.54) is 6.42 Å². The molecule has 7 nitrogen and oxygen atoms in total. The normalized spacial score (nSPS) is 22.1. The summed E-state index contributed by atoms with van der Waals surface area (Å²) < 4.78 is 1.96. The molecule has 1 amide bonds. The highest BCUT2D eigenvalue weighted by molar-refractivity contribution is 5.79. The summed E-state index contributed by atoms with van der Waals surface area (Å²) in [6, 6.07) is 0.197. The number of carbonyl (C=O) groups excluding carboxylic acids is 1. The van der Waals surface area contributed by atoms with Crippen molar-refractivity contribution in [3.8, 4) is 0 Å². The molecule has 0 spiro atoms. The summed E-state index contributed by atoms with van der Waals surface area (Å²) in [7, 11) is 0. The molecular formula is C16H22N6O. The zero-order chi connectivity index (χ0) is 15.8. The largest absolute Gasteiger partial charge is 0.351 e. The molecule has 0 aromatic carbocycles. The number of rotatable bonds is 3. The van der Waals surface area contributed by atoms with Gasteiger partial charge in [0.2, 0.25) is 11.6 Å². The second-order valence-corrected chi connectivity index (χ2v) is 6.61. The van der Waals surface area contributed by atoms with Gasteiger partial charge in [-0.3, -0.25) is 9.20 Å². The second-order valence-electron chi connectivity index (χ2n) is 6.61. The first-order chi connectivity index (χ1) is 11.2. The average molecular weight is 314 g/mol. The van der Waals surface area contributed by atoms with Crippen LogP contribution in [-0.2, 0) is 4.79 Å². The van der Waals surface area contributed by atoms with Crippen molar-refractivity contribution in [3.63, 3.8) is 0 Å². The van der Waals surface area contributed by atoms with Gasteiger partial charge < -0.3 is 10.2 Å². The average Bonchev–Trinajstić information content (AvgIpc) is 2.87. The van der Waals surface area contributed by atoms with Crippen LogP contribution in [0.3, 0.4) is 0 Å². The van der Waals surface area contributed by atoms with Crippen LogP contribution in [-0.4, -0.2) is 44.6 Å². The van der Waals surface area contributed by atoms with E-state index in [-0.39, 0.29) is 17.9 Å². The van der Waals surface area contributed by atoms with E-state index < -0.39 is 0 Å². The number of aromatic nitrogens is 4. The van der Waals surface area contributed by atoms with Crippen molar-refractivity contribution < 1.29 is 4.79 Å². The first kappa shape index (κ1) is 14.4. The Morgan fingerprint density at radius 1 is 1.26 bits per heavy atom. The monoisotopic (exact) mass is 314 g/mol. The predicted octanol–water partition coefficient (Wildman–Crippen LogP) is 1.32. The van der Waals surface area contributed by atoms with Crippen LogP contribution in [0.15, 0.2) is 12.4 Å². The molecule has 1 aliphatic carbocycles. The van der Waals surface area contributed by atoms with Crippen molar-refractivity contribution in [3.05, 3.63) is 18.2 Å². The molecule has 1 atom stereocenters. The summed E-state index contributed by atoms with van der Waals surface area (Å²) in [6.07, 6.45) is 9.02. The number of fused-ring (bicyclic) bond motifs is 1. The number of amides is 1. The van der Waals surface area contributed by atoms with E-state index in [1.807, 2.05) is 17.5 Å². The number of nitrogens with zero attached hydrogens (tertiary/aromatic N) is 5. The van der Waals surface area contributed by atoms with Crippen LogP contribution >= 0.6 is 0 Å². The predicted molar refractivity (Wildman–Crippen MR) is 86.2 cm³/mol. The Balaban J connectivity index is 1.51. The van der Waals surface area contributed by atoms with Gasteiger partial charge in [-0.1, -0.05) is 6.42 Å². The van der Waals surface area contributed by atoms with Gasteiger partial charge in [-0.15, -0.1) is 10.2 Å². The fraction of sp³-hybridized carbons (Fsp3) is 0.625. The van der Waals surface area contributed by atoms with Gasteiger partial charge in [0.1, 0.15) is 5.82 Å². The summed E-state index contributed by atoms with van der Waals surface area (Å²) in [5, 5.41) is 11.6. The first-order valence-corrected chi connectivity index (χ1v) is 8.44. The molecule has 7 heteroatoms. The van der Waals surface area contributed by atoms with Crippen molar-refractivity contribution in [1.29, 1.82) is 0 Å². The van der Waals surface area contributed by atoms with Crippen LogP contribution in [0.2, 0.25) is 0 Å². The SMILES string of the molecule is Cc1nnc2c(N3CCCC(NC(=O)C4CCC4)C3)nccn12. The molecule has 2 aromatic heterocycles. The third kappa shape index (κ3) is 2.64. The lowest BCUT2D eigenvalue weighted by molar-refractivity contribution is -0.128. The lowest BCUT2D eigenvalue weighted by atomic mass is 9.84. The number of anilines is 1. The van der Waals surface area contributed by atoms with Crippen molar-refractivity contribution in [2.75, 3.05) is 18.0 Å². The van der Waals surface area contributed by atoms with E-state index in [2.05, 4.69) is 25.4 Å². The minimum atomic E-state index is 0.197. The topological polar surface area (TPSA) is 75.4 Å². The number of piperidine rings is 1. The smallest absolute Gasteiger partial charge is 0.223 e. The van der Waals surface area contributed by atoms with Crippen molar-refractivity contribution >= 4 is 17.4 Å². The maximum atomic E-state index is 12.2. The fourth-order valence-corrected chi connectivity index (χ4v) is 3.43. The maximum absolute atomic E-state index is 12.2. The fourth-order valence-electron chi connectivity index (χ4n) is 3.43. The molecule has 1 saturated heterocycles. The Labute approximate surface area is 135 Å². The molecule has 23 heavy (non-hydrogen) atoms. The second kappa shape index (κ2) is 5.79. The number of hydrogen-bond acceptors (Lipinski definition) is 5. The lowest BCUT2D eigenvalue weighted by Crippen LogP contribution is -2.50. The molecule has 0 radical (unpaired) electrons. The van der Waals surface area contributed by atoms with E-state index in [9.17, 15) is 4.79 Å². The summed E-state index contributed by atoms with van der Waals surface area (Å²) in [6.45, 7) is 3.66. The van der Waals surface area contributed by atoms with Crippen molar-refractivity contribution in [2.24, 2.45) is 5.92 Å². The van der Waals surface area contributed by atoms with Gasteiger partial charge in [0.25, 0.3) is 0 Å². The van der Waals surface area contributed by atoms with E-state index in [0.29, 0.717) is 0 Å². The minimum Gasteiger partial charge on any atom is -0.351 e. The van der Waals surface area contributed by atoms with Gasteiger partial charge >= 0.3 is 0 Å². The highest BCUT2D eigenvalue weighted by Crippen LogP contribution is 2.27. The van der Waals surface area contributed by atoms with E-state index in [0.717, 1.165) is 56.1 Å². The summed E-state index contributed by atoms with van der Waals surface area (Å²) >= 11 is 0. The molecule has 4 rings (SSSR count). The lowest BCUT2D eigenvalue weighted by Gasteiger charge is -2.35. The van der Waals surface area contributed by atoms with Gasteiger partial charge in [0.15, 0.2) is 5.82 Å². The number of carbonyl (C=O) groups is 1. The van der Waals surface area contributed by atoms with E-state index >= 15 is 0 Å². The Morgan fingerprint density at radius 3 is 2.91 bits per heavy atom. The van der Waals surface area contributed by atoms with Gasteiger partial charge in [-0.05, 0) is 32.6 Å². The quantitative estimate of drug-likeness (QED) is 0.925. The Hall–Kier alpha value is -2.18. The maximum Gasteiger partial charge on any atom is 0.223 e. The zero-order valence-corrected chi connectivity index (χ0v) is 13.4. The highest BCUT2D eigenvalue weighted by Gasteiger charge is 2.29. The van der Waals surface area contributed by atoms with Crippen LogP contribution in [0.5, 0.6) is 0 Å². The third-order valence-electron chi connectivity index (χ3n) is 5.02. The van der Waals surface area contributed by atoms with Gasteiger partial charge in [0, 0.05) is 37.4 Å². The third-order valence-corrected chi connectivity index (χ3v) is 5.02. The molecule has 2 aromatic rings.